The van der Waals surface area contributed by atoms with Crippen molar-refractivity contribution in [2.45, 2.75) is 45.6 Å². The van der Waals surface area contributed by atoms with Crippen LogP contribution in [0.3, 0.4) is 0 Å². The number of carbonyl (C=O) groups is 2. The van der Waals surface area contributed by atoms with Gasteiger partial charge in [-0.3, -0.25) is 9.78 Å². The van der Waals surface area contributed by atoms with E-state index in [4.69, 9.17) is 14.5 Å². The highest BCUT2D eigenvalue weighted by atomic mass is 16.6. The number of ether oxygens (including phenoxy) is 2. The standard InChI is InChI=1S/C29H32N2O4/c1-28(2,3)35-27(33)31-13-12-23-16-25-22(17-29(23,18-31)26(32)34-4)15-21-14-20(10-11-24(21)30-25)19-8-6-5-7-9-19/h5-11,14-15,23H,12-13,16-18H2,1-4H3/t23-,29-/m0/s1. The third-order valence-corrected chi connectivity index (χ3v) is 7.28. The first-order valence-electron chi connectivity index (χ1n) is 12.2. The van der Waals surface area contributed by atoms with Crippen LogP contribution < -0.4 is 0 Å². The second-order valence-corrected chi connectivity index (χ2v) is 10.8. The van der Waals surface area contributed by atoms with Gasteiger partial charge in [-0.2, -0.15) is 0 Å². The summed E-state index contributed by atoms with van der Waals surface area (Å²) < 4.78 is 10.9. The Kier molecular flexibility index (Phi) is 5.78. The summed E-state index contributed by atoms with van der Waals surface area (Å²) in [5.74, 6) is -0.200. The highest BCUT2D eigenvalue weighted by Gasteiger charge is 2.54. The van der Waals surface area contributed by atoms with Gasteiger partial charge in [0.1, 0.15) is 5.60 Å². The van der Waals surface area contributed by atoms with Gasteiger partial charge in [-0.25, -0.2) is 4.79 Å². The molecule has 2 aliphatic rings. The van der Waals surface area contributed by atoms with Crippen molar-refractivity contribution in [2.75, 3.05) is 20.2 Å². The second kappa shape index (κ2) is 8.67. The van der Waals surface area contributed by atoms with Gasteiger partial charge in [-0.1, -0.05) is 36.4 Å². The Morgan fingerprint density at radius 1 is 1.06 bits per heavy atom. The average Bonchev–Trinajstić information content (AvgIpc) is 2.84. The van der Waals surface area contributed by atoms with E-state index in [1.807, 2.05) is 39.0 Å². The number of fused-ring (bicyclic) bond motifs is 3. The fourth-order valence-electron chi connectivity index (χ4n) is 5.60. The molecule has 2 heterocycles. The summed E-state index contributed by atoms with van der Waals surface area (Å²) in [4.78, 5) is 32.8. The van der Waals surface area contributed by atoms with Gasteiger partial charge in [0, 0.05) is 24.2 Å². The van der Waals surface area contributed by atoms with Crippen LogP contribution >= 0.6 is 0 Å². The van der Waals surface area contributed by atoms with Crippen molar-refractivity contribution >= 4 is 23.0 Å². The normalized spacial score (nSPS) is 21.7. The molecule has 1 fully saturated rings. The predicted molar refractivity (Wildman–Crippen MR) is 135 cm³/mol. The van der Waals surface area contributed by atoms with E-state index in [2.05, 4.69) is 36.4 Å². The SMILES string of the molecule is COC(=O)[C@]12Cc3cc4cc(-c5ccccc5)ccc4nc3C[C@@H]1CCN(C(=O)OC(C)(C)C)C2. The fourth-order valence-corrected chi connectivity index (χ4v) is 5.60. The molecule has 5 rings (SSSR count). The number of hydrogen-bond acceptors (Lipinski definition) is 5. The second-order valence-electron chi connectivity index (χ2n) is 10.8. The molecular formula is C29H32N2O4. The van der Waals surface area contributed by atoms with Crippen LogP contribution in [0.15, 0.2) is 54.6 Å². The van der Waals surface area contributed by atoms with E-state index >= 15 is 0 Å². The lowest BCUT2D eigenvalue weighted by Gasteiger charge is -2.48. The Hall–Kier alpha value is -3.41. The molecule has 0 unspecified atom stereocenters. The topological polar surface area (TPSA) is 68.7 Å². The predicted octanol–water partition coefficient (Wildman–Crippen LogP) is 5.42. The average molecular weight is 473 g/mol. The zero-order chi connectivity index (χ0) is 24.8. The first-order chi connectivity index (χ1) is 16.7. The molecule has 6 heteroatoms. The van der Waals surface area contributed by atoms with Crippen molar-refractivity contribution in [1.82, 2.24) is 9.88 Å². The van der Waals surface area contributed by atoms with E-state index in [1.54, 1.807) is 4.90 Å². The Morgan fingerprint density at radius 2 is 1.83 bits per heavy atom. The van der Waals surface area contributed by atoms with Crippen molar-refractivity contribution in [3.63, 3.8) is 0 Å². The molecule has 1 saturated heterocycles. The van der Waals surface area contributed by atoms with E-state index < -0.39 is 11.0 Å². The van der Waals surface area contributed by atoms with Crippen LogP contribution in [0.1, 0.15) is 38.4 Å². The molecule has 0 spiro atoms. The van der Waals surface area contributed by atoms with Gasteiger partial charge in [-0.05, 0) is 80.8 Å². The maximum atomic E-state index is 13.3. The number of esters is 1. The number of carbonyl (C=O) groups excluding carboxylic acids is 2. The molecule has 35 heavy (non-hydrogen) atoms. The zero-order valence-corrected chi connectivity index (χ0v) is 20.8. The van der Waals surface area contributed by atoms with Crippen LogP contribution in [-0.2, 0) is 27.1 Å². The molecule has 1 aliphatic carbocycles. The number of amides is 1. The van der Waals surface area contributed by atoms with Crippen LogP contribution in [0.25, 0.3) is 22.0 Å². The van der Waals surface area contributed by atoms with Crippen LogP contribution in [0.5, 0.6) is 0 Å². The van der Waals surface area contributed by atoms with Crippen molar-refractivity contribution in [3.05, 3.63) is 65.9 Å². The van der Waals surface area contributed by atoms with Gasteiger partial charge in [0.05, 0.1) is 18.0 Å². The number of aromatic nitrogens is 1. The van der Waals surface area contributed by atoms with Crippen molar-refractivity contribution in [2.24, 2.45) is 11.3 Å². The van der Waals surface area contributed by atoms with Gasteiger partial charge in [0.25, 0.3) is 0 Å². The Balaban J connectivity index is 1.51. The Morgan fingerprint density at radius 3 is 2.54 bits per heavy atom. The Labute approximate surface area is 206 Å². The third-order valence-electron chi connectivity index (χ3n) is 7.28. The molecule has 1 aromatic heterocycles. The van der Waals surface area contributed by atoms with Gasteiger partial charge in [0.2, 0.25) is 0 Å². The van der Waals surface area contributed by atoms with Crippen LogP contribution in [0.2, 0.25) is 0 Å². The summed E-state index contributed by atoms with van der Waals surface area (Å²) in [7, 11) is 1.43. The molecule has 6 nitrogen and oxygen atoms in total. The number of methoxy groups -OCH3 is 1. The summed E-state index contributed by atoms with van der Waals surface area (Å²) >= 11 is 0. The molecule has 2 atom stereocenters. The molecule has 1 amide bonds. The lowest BCUT2D eigenvalue weighted by molar-refractivity contribution is -0.161. The van der Waals surface area contributed by atoms with Crippen molar-refractivity contribution in [3.8, 4) is 11.1 Å². The van der Waals surface area contributed by atoms with E-state index in [1.165, 1.54) is 7.11 Å². The number of pyridine rings is 1. The minimum absolute atomic E-state index is 0.0645. The Bertz CT molecular complexity index is 1280. The molecule has 1 aliphatic heterocycles. The summed E-state index contributed by atoms with van der Waals surface area (Å²) in [5, 5.41) is 1.04. The van der Waals surface area contributed by atoms with Gasteiger partial charge in [-0.15, -0.1) is 0 Å². The largest absolute Gasteiger partial charge is 0.469 e. The van der Waals surface area contributed by atoms with Crippen molar-refractivity contribution < 1.29 is 19.1 Å². The highest BCUT2D eigenvalue weighted by molar-refractivity contribution is 5.86. The molecule has 0 N–H and O–H groups in total. The van der Waals surface area contributed by atoms with Gasteiger partial charge >= 0.3 is 12.1 Å². The smallest absolute Gasteiger partial charge is 0.410 e. The molecule has 0 radical (unpaired) electrons. The molecule has 0 saturated carbocycles. The molecule has 2 aromatic carbocycles. The summed E-state index contributed by atoms with van der Waals surface area (Å²) in [5.41, 5.74) is 3.94. The van der Waals surface area contributed by atoms with Gasteiger partial charge < -0.3 is 14.4 Å². The van der Waals surface area contributed by atoms with Crippen LogP contribution in [0.4, 0.5) is 4.79 Å². The minimum atomic E-state index is -0.802. The number of rotatable bonds is 2. The van der Waals surface area contributed by atoms with Crippen LogP contribution in [-0.4, -0.2) is 47.7 Å². The summed E-state index contributed by atoms with van der Waals surface area (Å²) in [6, 6.07) is 18.8. The first-order valence-corrected chi connectivity index (χ1v) is 12.2. The minimum Gasteiger partial charge on any atom is -0.469 e. The summed E-state index contributed by atoms with van der Waals surface area (Å²) in [6.45, 7) is 6.41. The summed E-state index contributed by atoms with van der Waals surface area (Å²) in [6.07, 6.45) is 1.52. The highest BCUT2D eigenvalue weighted by Crippen LogP contribution is 2.46. The number of likely N-dealkylation sites (tertiary alicyclic amines) is 1. The van der Waals surface area contributed by atoms with E-state index in [0.29, 0.717) is 32.4 Å². The third kappa shape index (κ3) is 4.38. The first kappa shape index (κ1) is 23.3. The fraction of sp³-hybridized carbons (Fsp3) is 0.414. The molecule has 0 bridgehead atoms. The lowest BCUT2D eigenvalue weighted by Crippen LogP contribution is -2.58. The zero-order valence-electron chi connectivity index (χ0n) is 20.8. The maximum absolute atomic E-state index is 13.3. The molecule has 3 aromatic rings. The van der Waals surface area contributed by atoms with Crippen LogP contribution in [0, 0.1) is 11.3 Å². The maximum Gasteiger partial charge on any atom is 0.410 e. The number of hydrogen-bond donors (Lipinski definition) is 0. The molecular weight excluding hydrogens is 440 g/mol. The number of benzene rings is 2. The molecule has 182 valence electrons. The van der Waals surface area contributed by atoms with Gasteiger partial charge in [0.15, 0.2) is 0 Å². The number of piperidine rings is 1. The van der Waals surface area contributed by atoms with Crippen molar-refractivity contribution in [1.29, 1.82) is 0 Å². The van der Waals surface area contributed by atoms with E-state index in [-0.39, 0.29) is 18.0 Å². The monoisotopic (exact) mass is 472 g/mol. The van der Waals surface area contributed by atoms with E-state index in [9.17, 15) is 9.59 Å². The number of nitrogens with zero attached hydrogens (tertiary/aromatic N) is 2. The lowest BCUT2D eigenvalue weighted by atomic mass is 9.62. The van der Waals surface area contributed by atoms with E-state index in [0.717, 1.165) is 33.3 Å². The quantitative estimate of drug-likeness (QED) is 0.466.